The van der Waals surface area contributed by atoms with Crippen LogP contribution in [0.4, 0.5) is 32.8 Å². The Hall–Kier alpha value is -5.29. The van der Waals surface area contributed by atoms with E-state index in [0.717, 1.165) is 11.4 Å². The van der Waals surface area contributed by atoms with Gasteiger partial charge in [-0.1, -0.05) is 0 Å². The monoisotopic (exact) mass is 474 g/mol. The first-order valence-electron chi connectivity index (χ1n) is 11.0. The van der Waals surface area contributed by atoms with E-state index < -0.39 is 5.82 Å². The minimum atomic E-state index is -0.514. The molecule has 5 aromatic rings. The van der Waals surface area contributed by atoms with Gasteiger partial charge in [-0.05, 0) is 78.9 Å². The molecule has 0 aliphatic rings. The quantitative estimate of drug-likeness (QED) is 0.264. The molecule has 3 aromatic carbocycles. The molecule has 8 heteroatoms. The van der Waals surface area contributed by atoms with Gasteiger partial charge in [-0.25, -0.2) is 4.39 Å². The van der Waals surface area contributed by atoms with Gasteiger partial charge in [0.2, 0.25) is 0 Å². The first-order valence-corrected chi connectivity index (χ1v) is 11.0. The van der Waals surface area contributed by atoms with Gasteiger partial charge in [-0.15, -0.1) is 0 Å². The zero-order valence-electron chi connectivity index (χ0n) is 18.9. The Kier molecular flexibility index (Phi) is 6.19. The third-order valence-electron chi connectivity index (χ3n) is 5.48. The van der Waals surface area contributed by atoms with Crippen LogP contribution in [0.5, 0.6) is 0 Å². The van der Waals surface area contributed by atoms with Crippen molar-refractivity contribution in [2.45, 2.75) is 0 Å². The molecule has 0 saturated heterocycles. The van der Waals surface area contributed by atoms with Gasteiger partial charge in [0.15, 0.2) is 0 Å². The number of hydrogen-bond donors (Lipinski definition) is 3. The topological polar surface area (TPSA) is 103 Å². The van der Waals surface area contributed by atoms with E-state index in [-0.39, 0.29) is 17.2 Å². The number of pyridine rings is 2. The van der Waals surface area contributed by atoms with Crippen molar-refractivity contribution in [1.82, 2.24) is 9.97 Å². The summed E-state index contributed by atoms with van der Waals surface area (Å²) in [5.41, 5.74) is 4.48. The van der Waals surface area contributed by atoms with Gasteiger partial charge in [-0.2, -0.15) is 5.26 Å². The minimum Gasteiger partial charge on any atom is -0.355 e. The Morgan fingerprint density at radius 1 is 0.778 bits per heavy atom. The molecule has 0 radical (unpaired) electrons. The second-order valence-corrected chi connectivity index (χ2v) is 7.91. The number of benzene rings is 3. The molecule has 0 bridgehead atoms. The summed E-state index contributed by atoms with van der Waals surface area (Å²) in [6.45, 7) is 0. The van der Waals surface area contributed by atoms with E-state index in [1.807, 2.05) is 24.3 Å². The molecule has 3 N–H and O–H groups in total. The van der Waals surface area contributed by atoms with Crippen LogP contribution in [0.3, 0.4) is 0 Å². The van der Waals surface area contributed by atoms with E-state index in [4.69, 9.17) is 0 Å². The number of amides is 1. The highest BCUT2D eigenvalue weighted by molar-refractivity contribution is 6.05. The molecule has 0 aliphatic carbocycles. The predicted octanol–water partition coefficient (Wildman–Crippen LogP) is 6.38. The fraction of sp³-hybridized carbons (Fsp3) is 0. The SMILES string of the molecule is N#Cc1ccc2nccc(Nc3cc(C(=O)Nc4ccc(Nc5ccncc5)cc4)ccc3F)c2c1. The van der Waals surface area contributed by atoms with Crippen LogP contribution in [0, 0.1) is 17.1 Å². The van der Waals surface area contributed by atoms with Crippen molar-refractivity contribution in [3.05, 3.63) is 114 Å². The second kappa shape index (κ2) is 9.91. The average Bonchev–Trinajstić information content (AvgIpc) is 2.91. The summed E-state index contributed by atoms with van der Waals surface area (Å²) in [6, 6.07) is 23.9. The van der Waals surface area contributed by atoms with Gasteiger partial charge >= 0.3 is 0 Å². The van der Waals surface area contributed by atoms with Crippen LogP contribution in [-0.2, 0) is 0 Å². The lowest BCUT2D eigenvalue weighted by Crippen LogP contribution is -2.12. The molecular weight excluding hydrogens is 455 g/mol. The van der Waals surface area contributed by atoms with E-state index in [9.17, 15) is 14.4 Å². The van der Waals surface area contributed by atoms with Crippen LogP contribution in [0.25, 0.3) is 10.9 Å². The number of halogens is 1. The summed E-state index contributed by atoms with van der Waals surface area (Å²) >= 11 is 0. The van der Waals surface area contributed by atoms with Crippen LogP contribution in [0.1, 0.15) is 15.9 Å². The van der Waals surface area contributed by atoms with Crippen molar-refractivity contribution in [2.24, 2.45) is 0 Å². The number of nitriles is 1. The molecule has 0 unspecified atom stereocenters. The van der Waals surface area contributed by atoms with E-state index in [2.05, 4.69) is 32.0 Å². The van der Waals surface area contributed by atoms with Crippen LogP contribution in [0.15, 0.2) is 97.5 Å². The van der Waals surface area contributed by atoms with Gasteiger partial charge in [0, 0.05) is 52.3 Å². The summed E-state index contributed by atoms with van der Waals surface area (Å²) in [6.07, 6.45) is 4.99. The van der Waals surface area contributed by atoms with E-state index in [0.29, 0.717) is 27.8 Å². The Morgan fingerprint density at radius 3 is 2.31 bits per heavy atom. The number of carbonyl (C=O) groups is 1. The number of carbonyl (C=O) groups excluding carboxylic acids is 1. The van der Waals surface area contributed by atoms with Crippen LogP contribution in [0.2, 0.25) is 0 Å². The van der Waals surface area contributed by atoms with E-state index >= 15 is 0 Å². The van der Waals surface area contributed by atoms with Crippen molar-refractivity contribution in [3.8, 4) is 6.07 Å². The molecular formula is C28H19FN6O. The maximum atomic E-state index is 14.6. The van der Waals surface area contributed by atoms with Crippen molar-refractivity contribution in [1.29, 1.82) is 5.26 Å². The molecule has 0 fully saturated rings. The summed E-state index contributed by atoms with van der Waals surface area (Å²) in [4.78, 5) is 21.1. The average molecular weight is 474 g/mol. The Morgan fingerprint density at radius 2 is 1.53 bits per heavy atom. The number of nitrogens with zero attached hydrogens (tertiary/aromatic N) is 3. The van der Waals surface area contributed by atoms with Crippen molar-refractivity contribution in [3.63, 3.8) is 0 Å². The lowest BCUT2D eigenvalue weighted by atomic mass is 10.1. The number of nitrogens with one attached hydrogen (secondary N) is 3. The van der Waals surface area contributed by atoms with E-state index in [1.54, 1.807) is 55.0 Å². The summed E-state index contributed by atoms with van der Waals surface area (Å²) < 4.78 is 14.6. The van der Waals surface area contributed by atoms with Crippen LogP contribution >= 0.6 is 0 Å². The first kappa shape index (κ1) is 22.5. The van der Waals surface area contributed by atoms with E-state index in [1.165, 1.54) is 18.2 Å². The Balaban J connectivity index is 1.33. The van der Waals surface area contributed by atoms with Crippen molar-refractivity contribution in [2.75, 3.05) is 16.0 Å². The highest BCUT2D eigenvalue weighted by atomic mass is 19.1. The summed E-state index contributed by atoms with van der Waals surface area (Å²) in [7, 11) is 0. The third-order valence-corrected chi connectivity index (χ3v) is 5.48. The summed E-state index contributed by atoms with van der Waals surface area (Å²) in [5, 5.41) is 19.0. The second-order valence-electron chi connectivity index (χ2n) is 7.91. The zero-order valence-corrected chi connectivity index (χ0v) is 18.9. The maximum absolute atomic E-state index is 14.6. The lowest BCUT2D eigenvalue weighted by molar-refractivity contribution is 0.102. The zero-order chi connectivity index (χ0) is 24.9. The first-order chi connectivity index (χ1) is 17.6. The third kappa shape index (κ3) is 4.95. The lowest BCUT2D eigenvalue weighted by Gasteiger charge is -2.12. The molecule has 36 heavy (non-hydrogen) atoms. The summed E-state index contributed by atoms with van der Waals surface area (Å²) in [5.74, 6) is -0.890. The van der Waals surface area contributed by atoms with Crippen LogP contribution < -0.4 is 16.0 Å². The maximum Gasteiger partial charge on any atom is 0.255 e. The van der Waals surface area contributed by atoms with Gasteiger partial charge < -0.3 is 16.0 Å². The molecule has 2 aromatic heterocycles. The Labute approximate surface area is 206 Å². The molecule has 0 saturated carbocycles. The number of anilines is 5. The normalized spacial score (nSPS) is 10.4. The molecule has 0 atom stereocenters. The molecule has 174 valence electrons. The van der Waals surface area contributed by atoms with Crippen molar-refractivity contribution < 1.29 is 9.18 Å². The fourth-order valence-corrected chi connectivity index (χ4v) is 3.67. The molecule has 7 nitrogen and oxygen atoms in total. The van der Waals surface area contributed by atoms with Gasteiger partial charge in [0.1, 0.15) is 5.82 Å². The number of hydrogen-bond acceptors (Lipinski definition) is 6. The smallest absolute Gasteiger partial charge is 0.255 e. The van der Waals surface area contributed by atoms with Gasteiger partial charge in [0.05, 0.1) is 22.8 Å². The standard InChI is InChI=1S/C28H19FN6O/c29-24-7-2-19(16-27(24)35-26-11-14-32-25-8-1-18(17-30)15-23(25)26)28(36)34-21-5-3-20(4-6-21)33-22-9-12-31-13-10-22/h1-16H,(H,31,33)(H,32,35)(H,34,36). The number of rotatable bonds is 6. The Bertz CT molecular complexity index is 1600. The molecule has 0 spiro atoms. The predicted molar refractivity (Wildman–Crippen MR) is 138 cm³/mol. The molecule has 2 heterocycles. The van der Waals surface area contributed by atoms with Gasteiger partial charge in [0.25, 0.3) is 5.91 Å². The van der Waals surface area contributed by atoms with Crippen molar-refractivity contribution >= 4 is 45.2 Å². The minimum absolute atomic E-state index is 0.134. The molecule has 5 rings (SSSR count). The molecule has 1 amide bonds. The van der Waals surface area contributed by atoms with Gasteiger partial charge in [-0.3, -0.25) is 14.8 Å². The largest absolute Gasteiger partial charge is 0.355 e. The number of fused-ring (bicyclic) bond motifs is 1. The number of aromatic nitrogens is 2. The molecule has 0 aliphatic heterocycles. The fourth-order valence-electron chi connectivity index (χ4n) is 3.67. The highest BCUT2D eigenvalue weighted by Crippen LogP contribution is 2.28. The highest BCUT2D eigenvalue weighted by Gasteiger charge is 2.12. The van der Waals surface area contributed by atoms with Crippen LogP contribution in [-0.4, -0.2) is 15.9 Å².